The number of halogens is 1. The summed E-state index contributed by atoms with van der Waals surface area (Å²) in [5, 5.41) is 3.18. The molecule has 0 radical (unpaired) electrons. The van der Waals surface area contributed by atoms with Crippen molar-refractivity contribution in [2.24, 2.45) is 5.84 Å². The summed E-state index contributed by atoms with van der Waals surface area (Å²) in [7, 11) is 0. The molecule has 0 aromatic carbocycles. The van der Waals surface area contributed by atoms with E-state index in [-0.39, 0.29) is 6.04 Å². The Kier molecular flexibility index (Phi) is 4.10. The lowest BCUT2D eigenvalue weighted by Crippen LogP contribution is -2.29. The van der Waals surface area contributed by atoms with Crippen molar-refractivity contribution in [1.82, 2.24) is 10.4 Å². The van der Waals surface area contributed by atoms with Gasteiger partial charge in [-0.1, -0.05) is 0 Å². The summed E-state index contributed by atoms with van der Waals surface area (Å²) in [4.78, 5) is 5.67. The Balaban J connectivity index is 2.12. The first-order valence-electron chi connectivity index (χ1n) is 4.81. The molecule has 16 heavy (non-hydrogen) atoms. The van der Waals surface area contributed by atoms with Gasteiger partial charge in [0.15, 0.2) is 0 Å². The Hall–Kier alpha value is -0.270. The highest BCUT2D eigenvalue weighted by Crippen LogP contribution is 2.29. The molecule has 0 saturated carbocycles. The molecule has 0 saturated heterocycles. The highest BCUT2D eigenvalue weighted by atomic mass is 79.9. The molecule has 1 unspecified atom stereocenters. The first-order chi connectivity index (χ1) is 7.69. The van der Waals surface area contributed by atoms with E-state index in [0.29, 0.717) is 0 Å². The maximum atomic E-state index is 5.59. The van der Waals surface area contributed by atoms with Crippen LogP contribution < -0.4 is 11.3 Å². The van der Waals surface area contributed by atoms with Gasteiger partial charge in [-0.3, -0.25) is 11.3 Å². The van der Waals surface area contributed by atoms with Crippen molar-refractivity contribution < 1.29 is 0 Å². The van der Waals surface area contributed by atoms with Gasteiger partial charge in [0, 0.05) is 16.7 Å². The van der Waals surface area contributed by atoms with Crippen molar-refractivity contribution in [1.29, 1.82) is 0 Å². The van der Waals surface area contributed by atoms with Crippen LogP contribution in [0.15, 0.2) is 21.3 Å². The third kappa shape index (κ3) is 2.89. The van der Waals surface area contributed by atoms with E-state index in [2.05, 4.69) is 37.8 Å². The zero-order chi connectivity index (χ0) is 11.5. The van der Waals surface area contributed by atoms with E-state index >= 15 is 0 Å². The zero-order valence-corrected chi connectivity index (χ0v) is 12.0. The monoisotopic (exact) mass is 317 g/mol. The molecule has 6 heteroatoms. The lowest BCUT2D eigenvalue weighted by Gasteiger charge is -2.12. The maximum absolute atomic E-state index is 5.59. The van der Waals surface area contributed by atoms with Crippen LogP contribution in [0.5, 0.6) is 0 Å². The lowest BCUT2D eigenvalue weighted by molar-refractivity contribution is 0.555. The van der Waals surface area contributed by atoms with Crippen LogP contribution in [0.3, 0.4) is 0 Å². The van der Waals surface area contributed by atoms with E-state index in [0.717, 1.165) is 20.9 Å². The van der Waals surface area contributed by atoms with E-state index < -0.39 is 0 Å². The molecular formula is C10H12BrN3S2. The van der Waals surface area contributed by atoms with Gasteiger partial charge in [0.05, 0.1) is 20.5 Å². The summed E-state index contributed by atoms with van der Waals surface area (Å²) < 4.78 is 1.12. The molecule has 0 fully saturated rings. The van der Waals surface area contributed by atoms with Crippen molar-refractivity contribution in [2.45, 2.75) is 19.4 Å². The average Bonchev–Trinajstić information content (AvgIpc) is 2.84. The minimum absolute atomic E-state index is 0.137. The summed E-state index contributed by atoms with van der Waals surface area (Å²) in [5.41, 5.74) is 3.94. The van der Waals surface area contributed by atoms with Crippen molar-refractivity contribution in [3.05, 3.63) is 36.9 Å². The van der Waals surface area contributed by atoms with Gasteiger partial charge in [-0.2, -0.15) is 0 Å². The summed E-state index contributed by atoms with van der Waals surface area (Å²) in [5.74, 6) is 5.59. The molecular weight excluding hydrogens is 306 g/mol. The first kappa shape index (κ1) is 12.2. The van der Waals surface area contributed by atoms with Crippen LogP contribution in [0.25, 0.3) is 0 Å². The van der Waals surface area contributed by atoms with Crippen LogP contribution in [-0.2, 0) is 6.42 Å². The van der Waals surface area contributed by atoms with Gasteiger partial charge in [-0.05, 0) is 35.0 Å². The van der Waals surface area contributed by atoms with E-state index in [4.69, 9.17) is 5.84 Å². The van der Waals surface area contributed by atoms with Gasteiger partial charge < -0.3 is 0 Å². The van der Waals surface area contributed by atoms with E-state index in [1.807, 2.05) is 13.0 Å². The van der Waals surface area contributed by atoms with Crippen molar-refractivity contribution in [3.8, 4) is 0 Å². The molecule has 1 atom stereocenters. The number of nitrogens with one attached hydrogen (secondary N) is 1. The highest BCUT2D eigenvalue weighted by molar-refractivity contribution is 9.11. The molecule has 2 rings (SSSR count). The minimum Gasteiger partial charge on any atom is -0.271 e. The van der Waals surface area contributed by atoms with Crippen LogP contribution in [0, 0.1) is 6.92 Å². The predicted octanol–water partition coefficient (Wildman–Crippen LogP) is 3.02. The molecule has 86 valence electrons. The van der Waals surface area contributed by atoms with Crippen LogP contribution in [0.1, 0.15) is 21.6 Å². The van der Waals surface area contributed by atoms with E-state index in [1.165, 1.54) is 4.88 Å². The molecule has 0 aliphatic carbocycles. The fourth-order valence-electron chi connectivity index (χ4n) is 1.47. The van der Waals surface area contributed by atoms with Gasteiger partial charge in [0.1, 0.15) is 0 Å². The lowest BCUT2D eigenvalue weighted by atomic mass is 10.1. The Bertz CT molecular complexity index is 466. The molecule has 2 aromatic heterocycles. The molecule has 3 N–H and O–H groups in total. The molecule has 0 aliphatic heterocycles. The summed E-state index contributed by atoms with van der Waals surface area (Å²) >= 11 is 6.82. The molecule has 0 aliphatic rings. The second kappa shape index (κ2) is 5.37. The fraction of sp³-hybridized carbons (Fsp3) is 0.300. The zero-order valence-electron chi connectivity index (χ0n) is 8.74. The number of nitrogens with two attached hydrogens (primary N) is 1. The summed E-state index contributed by atoms with van der Waals surface area (Å²) in [6.07, 6.45) is 0.827. The van der Waals surface area contributed by atoms with Crippen LogP contribution in [0.2, 0.25) is 0 Å². The van der Waals surface area contributed by atoms with Crippen molar-refractivity contribution in [3.63, 3.8) is 0 Å². The minimum atomic E-state index is 0.137. The smallest absolute Gasteiger partial charge is 0.0897 e. The van der Waals surface area contributed by atoms with Crippen LogP contribution >= 0.6 is 38.6 Å². The SMILES string of the molecule is Cc1nc(CC(NN)c2ccc(Br)s2)cs1. The molecule has 3 nitrogen and oxygen atoms in total. The van der Waals surface area contributed by atoms with Crippen LogP contribution in [0.4, 0.5) is 0 Å². The summed E-state index contributed by atoms with van der Waals surface area (Å²) in [6, 6.07) is 4.26. The summed E-state index contributed by atoms with van der Waals surface area (Å²) in [6.45, 7) is 2.01. The largest absolute Gasteiger partial charge is 0.271 e. The average molecular weight is 318 g/mol. The molecule has 0 amide bonds. The second-order valence-electron chi connectivity index (χ2n) is 3.42. The third-order valence-corrected chi connectivity index (χ3v) is 4.78. The van der Waals surface area contributed by atoms with Crippen molar-refractivity contribution in [2.75, 3.05) is 0 Å². The van der Waals surface area contributed by atoms with E-state index in [1.54, 1.807) is 22.7 Å². The number of hydrogen-bond acceptors (Lipinski definition) is 5. The third-order valence-electron chi connectivity index (χ3n) is 2.22. The van der Waals surface area contributed by atoms with Gasteiger partial charge in [0.25, 0.3) is 0 Å². The number of aryl methyl sites for hydroxylation is 1. The van der Waals surface area contributed by atoms with Crippen molar-refractivity contribution >= 4 is 38.6 Å². The maximum Gasteiger partial charge on any atom is 0.0897 e. The quantitative estimate of drug-likeness (QED) is 0.673. The molecule has 0 bridgehead atoms. The molecule has 2 heterocycles. The number of hydrazine groups is 1. The second-order valence-corrected chi connectivity index (χ2v) is 6.98. The first-order valence-corrected chi connectivity index (χ1v) is 7.30. The van der Waals surface area contributed by atoms with E-state index in [9.17, 15) is 0 Å². The number of thiazole rings is 1. The highest BCUT2D eigenvalue weighted by Gasteiger charge is 2.14. The van der Waals surface area contributed by atoms with Gasteiger partial charge in [-0.15, -0.1) is 22.7 Å². The normalized spacial score (nSPS) is 12.9. The number of aromatic nitrogens is 1. The van der Waals surface area contributed by atoms with Crippen LogP contribution in [-0.4, -0.2) is 4.98 Å². The number of rotatable bonds is 4. The Labute approximate surface area is 111 Å². The number of thiophene rings is 1. The number of nitrogens with zero attached hydrogens (tertiary/aromatic N) is 1. The Morgan fingerprint density at radius 2 is 2.38 bits per heavy atom. The Morgan fingerprint density at radius 1 is 1.56 bits per heavy atom. The standard InChI is InChI=1S/C10H12BrN3S2/c1-6-13-7(5-15-6)4-8(14-12)9-2-3-10(11)16-9/h2-3,5,8,14H,4,12H2,1H3. The van der Waals surface area contributed by atoms with Gasteiger partial charge in [-0.25, -0.2) is 4.98 Å². The molecule has 0 spiro atoms. The number of hydrogen-bond donors (Lipinski definition) is 2. The fourth-order valence-corrected chi connectivity index (χ4v) is 3.58. The predicted molar refractivity (Wildman–Crippen MR) is 72.6 cm³/mol. The van der Waals surface area contributed by atoms with Gasteiger partial charge in [0.2, 0.25) is 0 Å². The Morgan fingerprint density at radius 3 is 2.88 bits per heavy atom. The molecule has 2 aromatic rings. The van der Waals surface area contributed by atoms with Gasteiger partial charge >= 0.3 is 0 Å². The topological polar surface area (TPSA) is 50.9 Å².